The summed E-state index contributed by atoms with van der Waals surface area (Å²) in [7, 11) is 0. The van der Waals surface area contributed by atoms with E-state index in [2.05, 4.69) is 23.2 Å². The average Bonchev–Trinajstić information content (AvgIpc) is 2.85. The molecule has 2 rings (SSSR count). The first-order chi connectivity index (χ1) is 8.78. The zero-order chi connectivity index (χ0) is 12.8. The van der Waals surface area contributed by atoms with Gasteiger partial charge in [-0.25, -0.2) is 0 Å². The summed E-state index contributed by atoms with van der Waals surface area (Å²) in [5, 5.41) is 12.3. The van der Waals surface area contributed by atoms with Crippen molar-refractivity contribution in [2.24, 2.45) is 0 Å². The van der Waals surface area contributed by atoms with E-state index in [1.54, 1.807) is 11.3 Å². The summed E-state index contributed by atoms with van der Waals surface area (Å²) in [6.45, 7) is 6.76. The molecule has 0 saturated carbocycles. The normalized spacial score (nSPS) is 18.4. The summed E-state index contributed by atoms with van der Waals surface area (Å²) in [6.07, 6.45) is 4.09. The molecule has 1 unspecified atom stereocenters. The second-order valence-electron chi connectivity index (χ2n) is 5.02. The highest BCUT2D eigenvalue weighted by molar-refractivity contribution is 7.12. The van der Waals surface area contributed by atoms with E-state index in [4.69, 9.17) is 5.26 Å². The van der Waals surface area contributed by atoms with Crippen LogP contribution in [-0.4, -0.2) is 30.6 Å². The summed E-state index contributed by atoms with van der Waals surface area (Å²) < 4.78 is 0. The van der Waals surface area contributed by atoms with Crippen LogP contribution in [0.2, 0.25) is 0 Å². The first kappa shape index (κ1) is 13.5. The Kier molecular flexibility index (Phi) is 5.18. The standard InChI is InChI=1S/C14H21N3S/c1-12(11-17-7-3-2-4-8-17)16-10-14-6-5-13(9-15)18-14/h5-6,12,16H,2-4,7-8,10-11H2,1H3. The molecule has 98 valence electrons. The lowest BCUT2D eigenvalue weighted by Gasteiger charge is -2.29. The third-order valence-corrected chi connectivity index (χ3v) is 4.37. The Morgan fingerprint density at radius 1 is 1.39 bits per heavy atom. The first-order valence-electron chi connectivity index (χ1n) is 6.72. The SMILES string of the molecule is CC(CN1CCCCC1)NCc1ccc(C#N)s1. The summed E-state index contributed by atoms with van der Waals surface area (Å²) in [5.41, 5.74) is 0. The molecule has 1 saturated heterocycles. The Balaban J connectivity index is 1.70. The third kappa shape index (κ3) is 4.09. The van der Waals surface area contributed by atoms with Crippen molar-refractivity contribution >= 4 is 11.3 Å². The van der Waals surface area contributed by atoms with Crippen LogP contribution in [-0.2, 0) is 6.54 Å². The van der Waals surface area contributed by atoms with Gasteiger partial charge in [0.2, 0.25) is 0 Å². The van der Waals surface area contributed by atoms with Crippen molar-refractivity contribution < 1.29 is 0 Å². The number of nitriles is 1. The van der Waals surface area contributed by atoms with Crippen LogP contribution in [0.4, 0.5) is 0 Å². The minimum Gasteiger partial charge on any atom is -0.308 e. The van der Waals surface area contributed by atoms with E-state index in [0.717, 1.165) is 18.0 Å². The maximum atomic E-state index is 8.78. The molecule has 2 heterocycles. The zero-order valence-electron chi connectivity index (χ0n) is 11.0. The number of likely N-dealkylation sites (tertiary alicyclic amines) is 1. The summed E-state index contributed by atoms with van der Waals surface area (Å²) >= 11 is 1.58. The Morgan fingerprint density at radius 2 is 2.17 bits per heavy atom. The molecule has 0 bridgehead atoms. The predicted molar refractivity (Wildman–Crippen MR) is 75.6 cm³/mol. The molecular formula is C14H21N3S. The smallest absolute Gasteiger partial charge is 0.110 e. The fraction of sp³-hybridized carbons (Fsp3) is 0.643. The van der Waals surface area contributed by atoms with Gasteiger partial charge in [-0.2, -0.15) is 5.26 Å². The largest absolute Gasteiger partial charge is 0.308 e. The van der Waals surface area contributed by atoms with Crippen LogP contribution in [0.15, 0.2) is 12.1 Å². The molecule has 0 amide bonds. The molecule has 3 nitrogen and oxygen atoms in total. The van der Waals surface area contributed by atoms with Crippen LogP contribution in [0.25, 0.3) is 0 Å². The number of hydrogen-bond acceptors (Lipinski definition) is 4. The topological polar surface area (TPSA) is 39.1 Å². The highest BCUT2D eigenvalue weighted by atomic mass is 32.1. The van der Waals surface area contributed by atoms with Gasteiger partial charge in [-0.05, 0) is 45.0 Å². The van der Waals surface area contributed by atoms with E-state index >= 15 is 0 Å². The summed E-state index contributed by atoms with van der Waals surface area (Å²) in [6, 6.07) is 6.64. The Morgan fingerprint density at radius 3 is 2.83 bits per heavy atom. The quantitative estimate of drug-likeness (QED) is 0.887. The Bertz CT molecular complexity index is 401. The first-order valence-corrected chi connectivity index (χ1v) is 7.54. The van der Waals surface area contributed by atoms with Crippen molar-refractivity contribution in [3.63, 3.8) is 0 Å². The molecular weight excluding hydrogens is 242 g/mol. The van der Waals surface area contributed by atoms with E-state index in [1.165, 1.54) is 37.2 Å². The molecule has 1 aliphatic heterocycles. The van der Waals surface area contributed by atoms with Gasteiger partial charge in [-0.15, -0.1) is 11.3 Å². The molecule has 0 aromatic carbocycles. The molecule has 18 heavy (non-hydrogen) atoms. The van der Waals surface area contributed by atoms with Crippen molar-refractivity contribution in [3.8, 4) is 6.07 Å². The average molecular weight is 263 g/mol. The van der Waals surface area contributed by atoms with Gasteiger partial charge in [0, 0.05) is 24.0 Å². The van der Waals surface area contributed by atoms with E-state index < -0.39 is 0 Å². The van der Waals surface area contributed by atoms with Crippen LogP contribution in [0.1, 0.15) is 35.9 Å². The van der Waals surface area contributed by atoms with Crippen molar-refractivity contribution in [2.45, 2.75) is 38.8 Å². The molecule has 0 aliphatic carbocycles. The second-order valence-corrected chi connectivity index (χ2v) is 6.19. The van der Waals surface area contributed by atoms with E-state index in [9.17, 15) is 0 Å². The Labute approximate surface area is 113 Å². The fourth-order valence-electron chi connectivity index (χ4n) is 2.40. The summed E-state index contributed by atoms with van der Waals surface area (Å²) in [5.74, 6) is 0. The lowest BCUT2D eigenvalue weighted by Crippen LogP contribution is -2.41. The number of thiophene rings is 1. The number of piperidine rings is 1. The van der Waals surface area contributed by atoms with Gasteiger partial charge in [0.1, 0.15) is 10.9 Å². The van der Waals surface area contributed by atoms with Gasteiger partial charge in [0.15, 0.2) is 0 Å². The van der Waals surface area contributed by atoms with Gasteiger partial charge >= 0.3 is 0 Å². The van der Waals surface area contributed by atoms with Crippen molar-refractivity contribution in [1.82, 2.24) is 10.2 Å². The van der Waals surface area contributed by atoms with Crippen LogP contribution in [0.3, 0.4) is 0 Å². The molecule has 1 aromatic heterocycles. The van der Waals surface area contributed by atoms with Gasteiger partial charge in [-0.3, -0.25) is 0 Å². The minimum absolute atomic E-state index is 0.510. The predicted octanol–water partition coefficient (Wildman–Crippen LogP) is 2.58. The number of nitrogens with zero attached hydrogens (tertiary/aromatic N) is 2. The molecule has 0 radical (unpaired) electrons. The lowest BCUT2D eigenvalue weighted by molar-refractivity contribution is 0.209. The van der Waals surface area contributed by atoms with Gasteiger partial charge in [0.05, 0.1) is 0 Å². The molecule has 1 N–H and O–H groups in total. The minimum atomic E-state index is 0.510. The molecule has 1 aliphatic rings. The summed E-state index contributed by atoms with van der Waals surface area (Å²) in [4.78, 5) is 4.60. The van der Waals surface area contributed by atoms with Gasteiger partial charge < -0.3 is 10.2 Å². The molecule has 0 spiro atoms. The van der Waals surface area contributed by atoms with Crippen molar-refractivity contribution in [1.29, 1.82) is 5.26 Å². The van der Waals surface area contributed by atoms with Crippen molar-refractivity contribution in [2.75, 3.05) is 19.6 Å². The number of nitrogens with one attached hydrogen (secondary N) is 1. The van der Waals surface area contributed by atoms with Crippen LogP contribution >= 0.6 is 11.3 Å². The van der Waals surface area contributed by atoms with Crippen LogP contribution < -0.4 is 5.32 Å². The number of rotatable bonds is 5. The van der Waals surface area contributed by atoms with E-state index in [1.807, 2.05) is 12.1 Å². The highest BCUT2D eigenvalue weighted by Crippen LogP contribution is 2.15. The second kappa shape index (κ2) is 6.89. The maximum absolute atomic E-state index is 8.78. The maximum Gasteiger partial charge on any atom is 0.110 e. The molecule has 1 atom stereocenters. The van der Waals surface area contributed by atoms with E-state index in [0.29, 0.717) is 6.04 Å². The molecule has 4 heteroatoms. The monoisotopic (exact) mass is 263 g/mol. The van der Waals surface area contributed by atoms with E-state index in [-0.39, 0.29) is 0 Å². The molecule has 1 aromatic rings. The third-order valence-electron chi connectivity index (χ3n) is 3.38. The van der Waals surface area contributed by atoms with Crippen molar-refractivity contribution in [3.05, 3.63) is 21.9 Å². The molecule has 1 fully saturated rings. The van der Waals surface area contributed by atoms with Crippen LogP contribution in [0.5, 0.6) is 0 Å². The van der Waals surface area contributed by atoms with Gasteiger partial charge in [-0.1, -0.05) is 6.42 Å². The van der Waals surface area contributed by atoms with Crippen LogP contribution in [0, 0.1) is 11.3 Å². The Hall–Kier alpha value is -0.890. The lowest BCUT2D eigenvalue weighted by atomic mass is 10.1. The highest BCUT2D eigenvalue weighted by Gasteiger charge is 2.13. The zero-order valence-corrected chi connectivity index (χ0v) is 11.8. The fourth-order valence-corrected chi connectivity index (χ4v) is 3.16. The van der Waals surface area contributed by atoms with Gasteiger partial charge in [0.25, 0.3) is 0 Å². The number of hydrogen-bond donors (Lipinski definition) is 1.